The molecule has 1 N–H and O–H groups in total. The molecule has 25 heavy (non-hydrogen) atoms. The monoisotopic (exact) mass is 347 g/mol. The summed E-state index contributed by atoms with van der Waals surface area (Å²) in [6.45, 7) is 4.10. The molecule has 0 aliphatic heterocycles. The van der Waals surface area contributed by atoms with Gasteiger partial charge in [0.2, 0.25) is 0 Å². The zero-order valence-corrected chi connectivity index (χ0v) is 15.1. The molecule has 2 aromatic rings. The van der Waals surface area contributed by atoms with Gasteiger partial charge in [0, 0.05) is 33.1 Å². The number of aliphatic imine (C=N–C) groups is 1. The van der Waals surface area contributed by atoms with Crippen molar-refractivity contribution in [2.24, 2.45) is 4.99 Å². The predicted octanol–water partition coefficient (Wildman–Crippen LogP) is 3.46. The van der Waals surface area contributed by atoms with Crippen molar-refractivity contribution in [3.8, 4) is 5.75 Å². The first-order valence-electron chi connectivity index (χ1n) is 8.48. The molecule has 136 valence electrons. The van der Waals surface area contributed by atoms with Crippen LogP contribution in [0.5, 0.6) is 5.75 Å². The average molecular weight is 347 g/mol. The van der Waals surface area contributed by atoms with Crippen LogP contribution in [-0.4, -0.2) is 38.1 Å². The molecule has 0 fully saturated rings. The molecule has 6 heteroatoms. The van der Waals surface area contributed by atoms with Gasteiger partial charge in [0.15, 0.2) is 17.5 Å². The number of nitrogens with one attached hydrogen (secondary N) is 1. The Morgan fingerprint density at radius 2 is 2.20 bits per heavy atom. The highest BCUT2D eigenvalue weighted by atomic mass is 19.1. The third kappa shape index (κ3) is 5.81. The lowest BCUT2D eigenvalue weighted by atomic mass is 10.2. The van der Waals surface area contributed by atoms with Crippen molar-refractivity contribution >= 4 is 5.96 Å². The van der Waals surface area contributed by atoms with Gasteiger partial charge in [-0.2, -0.15) is 0 Å². The van der Waals surface area contributed by atoms with Crippen molar-refractivity contribution in [2.45, 2.75) is 26.3 Å². The summed E-state index contributed by atoms with van der Waals surface area (Å²) >= 11 is 0. The number of hydrogen-bond donors (Lipinski definition) is 1. The van der Waals surface area contributed by atoms with E-state index in [-0.39, 0.29) is 11.6 Å². The average Bonchev–Trinajstić information content (AvgIpc) is 3.11. The van der Waals surface area contributed by atoms with Crippen LogP contribution in [0.3, 0.4) is 0 Å². The van der Waals surface area contributed by atoms with E-state index >= 15 is 0 Å². The molecule has 0 saturated carbocycles. The summed E-state index contributed by atoms with van der Waals surface area (Å²) in [5, 5.41) is 3.35. The molecule has 1 heterocycles. The number of nitrogens with zero attached hydrogens (tertiary/aromatic N) is 2. The van der Waals surface area contributed by atoms with Crippen molar-refractivity contribution in [2.75, 3.05) is 27.2 Å². The van der Waals surface area contributed by atoms with E-state index in [0.29, 0.717) is 6.54 Å². The number of hydrogen-bond acceptors (Lipinski definition) is 3. The van der Waals surface area contributed by atoms with Crippen LogP contribution in [0.4, 0.5) is 4.39 Å². The van der Waals surface area contributed by atoms with Gasteiger partial charge in [-0.15, -0.1) is 0 Å². The second kappa shape index (κ2) is 9.71. The molecule has 1 aromatic carbocycles. The molecule has 0 aliphatic carbocycles. The van der Waals surface area contributed by atoms with Gasteiger partial charge in [0.25, 0.3) is 0 Å². The molecule has 5 nitrogen and oxygen atoms in total. The van der Waals surface area contributed by atoms with E-state index < -0.39 is 0 Å². The fraction of sp³-hybridized carbons (Fsp3) is 0.421. The molecule has 0 bridgehead atoms. The second-order valence-electron chi connectivity index (χ2n) is 5.79. The Morgan fingerprint density at radius 3 is 2.84 bits per heavy atom. The second-order valence-corrected chi connectivity index (χ2v) is 5.79. The highest BCUT2D eigenvalue weighted by Crippen LogP contribution is 2.18. The normalized spacial score (nSPS) is 11.4. The van der Waals surface area contributed by atoms with Crippen LogP contribution in [0.25, 0.3) is 0 Å². The van der Waals surface area contributed by atoms with Gasteiger partial charge < -0.3 is 19.4 Å². The van der Waals surface area contributed by atoms with E-state index in [4.69, 9.17) is 9.15 Å². The van der Waals surface area contributed by atoms with Gasteiger partial charge in [-0.25, -0.2) is 4.39 Å². The molecule has 0 saturated heterocycles. The largest absolute Gasteiger partial charge is 0.494 e. The maximum Gasteiger partial charge on any atom is 0.193 e. The molecule has 0 unspecified atom stereocenters. The van der Waals surface area contributed by atoms with Crippen LogP contribution in [0.1, 0.15) is 24.7 Å². The topological polar surface area (TPSA) is 50.0 Å². The molecular weight excluding hydrogens is 321 g/mol. The van der Waals surface area contributed by atoms with Gasteiger partial charge in [-0.3, -0.25) is 4.99 Å². The number of benzene rings is 1. The summed E-state index contributed by atoms with van der Waals surface area (Å²) in [5.74, 6) is 1.63. The van der Waals surface area contributed by atoms with Crippen molar-refractivity contribution in [1.82, 2.24) is 10.2 Å². The summed E-state index contributed by atoms with van der Waals surface area (Å²) in [5.41, 5.74) is 0.859. The molecule has 0 amide bonds. The third-order valence-electron chi connectivity index (χ3n) is 3.72. The van der Waals surface area contributed by atoms with Gasteiger partial charge in [-0.1, -0.05) is 13.0 Å². The maximum atomic E-state index is 13.9. The van der Waals surface area contributed by atoms with Gasteiger partial charge in [0.05, 0.1) is 13.4 Å². The van der Waals surface area contributed by atoms with Crippen LogP contribution in [0.2, 0.25) is 0 Å². The smallest absolute Gasteiger partial charge is 0.193 e. The highest BCUT2D eigenvalue weighted by molar-refractivity contribution is 5.79. The Kier molecular flexibility index (Phi) is 7.32. The first-order valence-corrected chi connectivity index (χ1v) is 8.48. The number of guanidine groups is 1. The van der Waals surface area contributed by atoms with E-state index in [1.807, 2.05) is 30.1 Å². The summed E-state index contributed by atoms with van der Waals surface area (Å²) in [4.78, 5) is 6.58. The lowest BCUT2D eigenvalue weighted by molar-refractivity contribution is 0.385. The quantitative estimate of drug-likeness (QED) is 0.587. The number of furan rings is 1. The minimum atomic E-state index is -0.355. The van der Waals surface area contributed by atoms with Gasteiger partial charge in [0.1, 0.15) is 5.76 Å². The van der Waals surface area contributed by atoms with Crippen molar-refractivity contribution in [3.05, 3.63) is 53.7 Å². The van der Waals surface area contributed by atoms with Crippen LogP contribution < -0.4 is 10.1 Å². The predicted molar refractivity (Wildman–Crippen MR) is 97.4 cm³/mol. The van der Waals surface area contributed by atoms with E-state index in [9.17, 15) is 4.39 Å². The van der Waals surface area contributed by atoms with Gasteiger partial charge >= 0.3 is 0 Å². The van der Waals surface area contributed by atoms with E-state index in [1.54, 1.807) is 12.3 Å². The van der Waals surface area contributed by atoms with Crippen molar-refractivity contribution < 1.29 is 13.5 Å². The van der Waals surface area contributed by atoms with Crippen molar-refractivity contribution in [1.29, 1.82) is 0 Å². The SMILES string of the molecule is CCCN=C(NCCc1ccco1)N(C)Cc1ccc(OC)c(F)c1. The van der Waals surface area contributed by atoms with E-state index in [0.717, 1.165) is 43.2 Å². The standard InChI is InChI=1S/C19H26FN3O2/c1-4-10-21-19(22-11-9-16-6-5-12-25-16)23(2)14-15-7-8-18(24-3)17(20)13-15/h5-8,12-13H,4,9-11,14H2,1-3H3,(H,21,22). The lowest BCUT2D eigenvalue weighted by Gasteiger charge is -2.22. The number of ether oxygens (including phenoxy) is 1. The minimum Gasteiger partial charge on any atom is -0.494 e. The van der Waals surface area contributed by atoms with Crippen LogP contribution >= 0.6 is 0 Å². The maximum absolute atomic E-state index is 13.9. The Hall–Kier alpha value is -2.50. The Bertz CT molecular complexity index is 671. The summed E-state index contributed by atoms with van der Waals surface area (Å²) < 4.78 is 24.2. The van der Waals surface area contributed by atoms with Gasteiger partial charge in [-0.05, 0) is 36.2 Å². The minimum absolute atomic E-state index is 0.253. The Balaban J connectivity index is 1.97. The van der Waals surface area contributed by atoms with E-state index in [2.05, 4.69) is 17.2 Å². The molecule has 0 aliphatic rings. The molecule has 2 rings (SSSR count). The first-order chi connectivity index (χ1) is 12.1. The summed E-state index contributed by atoms with van der Waals surface area (Å²) in [6, 6.07) is 8.83. The molecule has 0 radical (unpaired) electrons. The fourth-order valence-corrected chi connectivity index (χ4v) is 2.44. The highest BCUT2D eigenvalue weighted by Gasteiger charge is 2.10. The van der Waals surface area contributed by atoms with Crippen LogP contribution in [0, 0.1) is 5.82 Å². The first kappa shape index (κ1) is 18.8. The van der Waals surface area contributed by atoms with E-state index in [1.165, 1.54) is 13.2 Å². The Morgan fingerprint density at radius 1 is 1.36 bits per heavy atom. The molecule has 0 spiro atoms. The molecule has 0 atom stereocenters. The molecular formula is C19H26FN3O2. The number of halogens is 1. The zero-order valence-electron chi connectivity index (χ0n) is 15.1. The van der Waals surface area contributed by atoms with Crippen LogP contribution in [-0.2, 0) is 13.0 Å². The summed E-state index contributed by atoms with van der Waals surface area (Å²) in [6.07, 6.45) is 3.42. The van der Waals surface area contributed by atoms with Crippen molar-refractivity contribution in [3.63, 3.8) is 0 Å². The summed E-state index contributed by atoms with van der Waals surface area (Å²) in [7, 11) is 3.40. The Labute approximate surface area is 148 Å². The van der Waals surface area contributed by atoms with Crippen LogP contribution in [0.15, 0.2) is 46.0 Å². The zero-order chi connectivity index (χ0) is 18.1. The number of rotatable bonds is 8. The lowest BCUT2D eigenvalue weighted by Crippen LogP contribution is -2.39. The number of methoxy groups -OCH3 is 1. The fourth-order valence-electron chi connectivity index (χ4n) is 2.44. The third-order valence-corrected chi connectivity index (χ3v) is 3.72. The molecule has 1 aromatic heterocycles.